The summed E-state index contributed by atoms with van der Waals surface area (Å²) in [4.78, 5) is 64.1. The van der Waals surface area contributed by atoms with E-state index in [0.717, 1.165) is 11.1 Å². The van der Waals surface area contributed by atoms with E-state index in [9.17, 15) is 29.1 Å². The maximum absolute atomic E-state index is 13.3. The summed E-state index contributed by atoms with van der Waals surface area (Å²) >= 11 is 1.49. The first-order valence-corrected chi connectivity index (χ1v) is 15.9. The zero-order valence-corrected chi connectivity index (χ0v) is 26.5. The summed E-state index contributed by atoms with van der Waals surface area (Å²) in [5.74, 6) is -2.16. The highest BCUT2D eigenvalue weighted by molar-refractivity contribution is 7.98. The molecule has 13 heteroatoms. The van der Waals surface area contributed by atoms with Crippen LogP contribution in [0.4, 0.5) is 5.69 Å². The van der Waals surface area contributed by atoms with E-state index in [4.69, 9.17) is 10.5 Å². The molecule has 0 spiro atoms. The van der Waals surface area contributed by atoms with Gasteiger partial charge in [-0.1, -0.05) is 48.5 Å². The number of amides is 4. The van der Waals surface area contributed by atoms with Crippen molar-refractivity contribution in [3.63, 3.8) is 0 Å². The molecule has 12 nitrogen and oxygen atoms in total. The molecule has 3 atom stereocenters. The van der Waals surface area contributed by atoms with Crippen molar-refractivity contribution in [1.29, 1.82) is 0 Å². The molecular formula is C33H39N5O7S. The van der Waals surface area contributed by atoms with Crippen LogP contribution in [0.2, 0.25) is 0 Å². The van der Waals surface area contributed by atoms with E-state index < -0.39 is 54.3 Å². The molecule has 0 heterocycles. The minimum Gasteiger partial charge on any atom is -0.508 e. The number of anilines is 1. The van der Waals surface area contributed by atoms with Crippen molar-refractivity contribution >= 4 is 47.0 Å². The standard InChI is InChI=1S/C33H39N5O7S/c1-45-33(44)23-9-6-10-24(19-23)36-32(43)28(18-21-7-4-3-5-8-21)37-29(40)20-35-31(42)27(15-16-46-2)38-30(41)26(34)17-22-11-13-25(39)14-12-22/h3-14,19,26-28,39H,15-18,20,34H2,1-2H3,(H,35,42)(H,36,43)(H,37,40)(H,38,41)/t26-,27+,28-/m0/s1. The van der Waals surface area contributed by atoms with Gasteiger partial charge in [0.15, 0.2) is 0 Å². The highest BCUT2D eigenvalue weighted by Gasteiger charge is 2.26. The fraction of sp³-hybridized carbons (Fsp3) is 0.303. The molecule has 46 heavy (non-hydrogen) atoms. The molecule has 0 bridgehead atoms. The molecule has 0 aliphatic carbocycles. The molecule has 0 unspecified atom stereocenters. The lowest BCUT2D eigenvalue weighted by Gasteiger charge is -2.22. The third-order valence-electron chi connectivity index (χ3n) is 6.88. The fourth-order valence-electron chi connectivity index (χ4n) is 4.43. The van der Waals surface area contributed by atoms with Gasteiger partial charge in [0.25, 0.3) is 0 Å². The molecule has 0 aromatic heterocycles. The first kappa shape index (κ1) is 35.6. The van der Waals surface area contributed by atoms with Crippen LogP contribution in [0.15, 0.2) is 78.9 Å². The van der Waals surface area contributed by atoms with Gasteiger partial charge in [-0.05, 0) is 66.3 Å². The monoisotopic (exact) mass is 649 g/mol. The van der Waals surface area contributed by atoms with Crippen LogP contribution in [0, 0.1) is 0 Å². The Hall–Kier alpha value is -4.88. The van der Waals surface area contributed by atoms with Gasteiger partial charge in [-0.2, -0.15) is 11.8 Å². The largest absolute Gasteiger partial charge is 0.508 e. The molecule has 3 aromatic rings. The Morgan fingerprint density at radius 1 is 0.826 bits per heavy atom. The number of nitrogens with two attached hydrogens (primary N) is 1. The molecule has 7 N–H and O–H groups in total. The molecule has 244 valence electrons. The average Bonchev–Trinajstić information content (AvgIpc) is 3.06. The van der Waals surface area contributed by atoms with Crippen molar-refractivity contribution in [2.45, 2.75) is 37.4 Å². The lowest BCUT2D eigenvalue weighted by atomic mass is 10.0. The van der Waals surface area contributed by atoms with E-state index in [0.29, 0.717) is 17.9 Å². The summed E-state index contributed by atoms with van der Waals surface area (Å²) in [7, 11) is 1.26. The molecule has 3 aromatic carbocycles. The Morgan fingerprint density at radius 2 is 1.52 bits per heavy atom. The second-order valence-electron chi connectivity index (χ2n) is 10.4. The minimum absolute atomic E-state index is 0.0945. The Kier molecular flexibility index (Phi) is 14.1. The summed E-state index contributed by atoms with van der Waals surface area (Å²) in [6, 6.07) is 18.7. The number of hydrogen-bond donors (Lipinski definition) is 6. The van der Waals surface area contributed by atoms with Crippen LogP contribution >= 0.6 is 11.8 Å². The molecule has 0 aliphatic rings. The molecule has 0 saturated heterocycles. The van der Waals surface area contributed by atoms with Gasteiger partial charge in [0.05, 0.1) is 25.3 Å². The number of carbonyl (C=O) groups excluding carboxylic acids is 5. The Balaban J connectivity index is 1.63. The first-order chi connectivity index (χ1) is 22.1. The number of phenolic OH excluding ortho intramolecular Hbond substituents is 1. The normalized spacial score (nSPS) is 12.6. The van der Waals surface area contributed by atoms with Crippen molar-refractivity contribution in [2.75, 3.05) is 31.0 Å². The van der Waals surface area contributed by atoms with Gasteiger partial charge in [0, 0.05) is 12.1 Å². The Labute approximate surface area is 271 Å². The lowest BCUT2D eigenvalue weighted by Crippen LogP contribution is -2.54. The number of nitrogens with one attached hydrogen (secondary N) is 4. The van der Waals surface area contributed by atoms with Crippen molar-refractivity contribution in [3.8, 4) is 5.75 Å². The van der Waals surface area contributed by atoms with Crippen LogP contribution in [-0.4, -0.2) is 78.5 Å². The summed E-state index contributed by atoms with van der Waals surface area (Å²) in [6.45, 7) is -0.444. The third-order valence-corrected chi connectivity index (χ3v) is 7.53. The Bertz CT molecular complexity index is 1490. The van der Waals surface area contributed by atoms with E-state index in [1.807, 2.05) is 36.6 Å². The fourth-order valence-corrected chi connectivity index (χ4v) is 4.90. The second-order valence-corrected chi connectivity index (χ2v) is 11.4. The number of aromatic hydroxyl groups is 1. The van der Waals surface area contributed by atoms with Gasteiger partial charge in [-0.25, -0.2) is 4.79 Å². The second kappa shape index (κ2) is 18.2. The van der Waals surface area contributed by atoms with Crippen molar-refractivity contribution in [2.24, 2.45) is 5.73 Å². The molecule has 3 rings (SSSR count). The van der Waals surface area contributed by atoms with Crippen LogP contribution in [0.1, 0.15) is 27.9 Å². The number of hydrogen-bond acceptors (Lipinski definition) is 9. The maximum atomic E-state index is 13.3. The maximum Gasteiger partial charge on any atom is 0.337 e. The third kappa shape index (κ3) is 11.6. The van der Waals surface area contributed by atoms with E-state index in [-0.39, 0.29) is 24.2 Å². The predicted octanol–water partition coefficient (Wildman–Crippen LogP) is 1.77. The van der Waals surface area contributed by atoms with Crippen LogP contribution in [0.25, 0.3) is 0 Å². The molecule has 0 aliphatic heterocycles. The topological polar surface area (TPSA) is 189 Å². The molecule has 0 radical (unpaired) electrons. The summed E-state index contributed by atoms with van der Waals surface area (Å²) in [6.07, 6.45) is 2.53. The van der Waals surface area contributed by atoms with Gasteiger partial charge in [0.2, 0.25) is 23.6 Å². The van der Waals surface area contributed by atoms with Crippen molar-refractivity contribution in [1.82, 2.24) is 16.0 Å². The zero-order chi connectivity index (χ0) is 33.5. The molecule has 0 saturated carbocycles. The van der Waals surface area contributed by atoms with E-state index >= 15 is 0 Å². The quantitative estimate of drug-likeness (QED) is 0.126. The number of phenols is 1. The van der Waals surface area contributed by atoms with Crippen LogP contribution in [-0.2, 0) is 36.8 Å². The highest BCUT2D eigenvalue weighted by atomic mass is 32.2. The summed E-state index contributed by atoms with van der Waals surface area (Å²) in [5.41, 5.74) is 8.20. The predicted molar refractivity (Wildman–Crippen MR) is 176 cm³/mol. The minimum atomic E-state index is -1.02. The van der Waals surface area contributed by atoms with Gasteiger partial charge in [0.1, 0.15) is 17.8 Å². The van der Waals surface area contributed by atoms with E-state index in [1.54, 1.807) is 30.3 Å². The SMILES string of the molecule is COC(=O)c1cccc(NC(=O)[C@H](Cc2ccccc2)NC(=O)CNC(=O)[C@@H](CCSC)NC(=O)[C@@H](N)Cc2ccc(O)cc2)c1. The number of esters is 1. The van der Waals surface area contributed by atoms with Gasteiger partial charge < -0.3 is 36.8 Å². The van der Waals surface area contributed by atoms with Gasteiger partial charge in [-0.15, -0.1) is 0 Å². The summed E-state index contributed by atoms with van der Waals surface area (Å²) in [5, 5.41) is 20.1. The zero-order valence-electron chi connectivity index (χ0n) is 25.7. The molecule has 4 amide bonds. The number of carbonyl (C=O) groups is 5. The van der Waals surface area contributed by atoms with Gasteiger partial charge in [-0.3, -0.25) is 19.2 Å². The van der Waals surface area contributed by atoms with Crippen molar-refractivity contribution < 1.29 is 33.8 Å². The number of benzene rings is 3. The van der Waals surface area contributed by atoms with Crippen LogP contribution in [0.3, 0.4) is 0 Å². The number of rotatable bonds is 16. The number of ether oxygens (including phenoxy) is 1. The highest BCUT2D eigenvalue weighted by Crippen LogP contribution is 2.14. The van der Waals surface area contributed by atoms with Crippen molar-refractivity contribution in [3.05, 3.63) is 95.6 Å². The van der Waals surface area contributed by atoms with E-state index in [2.05, 4.69) is 21.3 Å². The lowest BCUT2D eigenvalue weighted by molar-refractivity contribution is -0.131. The first-order valence-electron chi connectivity index (χ1n) is 14.5. The number of thioether (sulfide) groups is 1. The average molecular weight is 650 g/mol. The van der Waals surface area contributed by atoms with E-state index in [1.165, 1.54) is 37.1 Å². The Morgan fingerprint density at radius 3 is 2.20 bits per heavy atom. The van der Waals surface area contributed by atoms with Gasteiger partial charge >= 0.3 is 5.97 Å². The smallest absolute Gasteiger partial charge is 0.337 e. The van der Waals surface area contributed by atoms with Crippen LogP contribution < -0.4 is 27.0 Å². The molecular weight excluding hydrogens is 610 g/mol. The molecule has 0 fully saturated rings. The summed E-state index contributed by atoms with van der Waals surface area (Å²) < 4.78 is 4.74. The van der Waals surface area contributed by atoms with Crippen LogP contribution in [0.5, 0.6) is 5.75 Å². The number of methoxy groups -OCH3 is 1.